The highest BCUT2D eigenvalue weighted by Gasteiger charge is 2.05. The standard InChI is InChI=1S/C17H22N2O2/c1-21-17-7-4-5-14(11-17)12-18-13-16(20)9-8-15-6-2-3-10-19-15/h2-7,10-11,16,18,20H,8-9,12-13H2,1H3/t16-/m1/s1. The van der Waals surface area contributed by atoms with Crippen molar-refractivity contribution < 1.29 is 9.84 Å². The van der Waals surface area contributed by atoms with Gasteiger partial charge in [-0.2, -0.15) is 0 Å². The summed E-state index contributed by atoms with van der Waals surface area (Å²) in [6.45, 7) is 1.29. The number of nitrogens with zero attached hydrogens (tertiary/aromatic N) is 1. The second-order valence-corrected chi connectivity index (χ2v) is 5.00. The molecule has 4 nitrogen and oxygen atoms in total. The van der Waals surface area contributed by atoms with Crippen molar-refractivity contribution in [1.29, 1.82) is 0 Å². The van der Waals surface area contributed by atoms with Gasteiger partial charge >= 0.3 is 0 Å². The van der Waals surface area contributed by atoms with Crippen LogP contribution in [0.3, 0.4) is 0 Å². The molecule has 0 aliphatic carbocycles. The van der Waals surface area contributed by atoms with Gasteiger partial charge in [-0.25, -0.2) is 0 Å². The van der Waals surface area contributed by atoms with Crippen LogP contribution < -0.4 is 10.1 Å². The molecule has 0 radical (unpaired) electrons. The van der Waals surface area contributed by atoms with Crippen LogP contribution in [0.25, 0.3) is 0 Å². The molecular formula is C17H22N2O2. The summed E-state index contributed by atoms with van der Waals surface area (Å²) in [6.07, 6.45) is 2.92. The van der Waals surface area contributed by atoms with E-state index in [4.69, 9.17) is 4.74 Å². The second-order valence-electron chi connectivity index (χ2n) is 5.00. The minimum atomic E-state index is -0.363. The number of nitrogens with one attached hydrogen (secondary N) is 1. The zero-order valence-electron chi connectivity index (χ0n) is 12.3. The summed E-state index contributed by atoms with van der Waals surface area (Å²) in [5.41, 5.74) is 2.16. The Morgan fingerprint density at radius 1 is 1.24 bits per heavy atom. The second kappa shape index (κ2) is 8.39. The molecule has 2 N–H and O–H groups in total. The Labute approximate surface area is 125 Å². The van der Waals surface area contributed by atoms with Crippen molar-refractivity contribution in [3.05, 3.63) is 59.9 Å². The topological polar surface area (TPSA) is 54.4 Å². The van der Waals surface area contributed by atoms with Crippen LogP contribution in [-0.4, -0.2) is 29.8 Å². The highest BCUT2D eigenvalue weighted by molar-refractivity contribution is 5.28. The minimum Gasteiger partial charge on any atom is -0.497 e. The van der Waals surface area contributed by atoms with Gasteiger partial charge in [0.15, 0.2) is 0 Å². The van der Waals surface area contributed by atoms with Crippen LogP contribution in [0.2, 0.25) is 0 Å². The maximum Gasteiger partial charge on any atom is 0.119 e. The lowest BCUT2D eigenvalue weighted by molar-refractivity contribution is 0.161. The van der Waals surface area contributed by atoms with E-state index in [0.717, 1.165) is 30.0 Å². The van der Waals surface area contributed by atoms with Crippen LogP contribution in [-0.2, 0) is 13.0 Å². The van der Waals surface area contributed by atoms with Crippen molar-refractivity contribution in [3.8, 4) is 5.75 Å². The number of aliphatic hydroxyl groups excluding tert-OH is 1. The highest BCUT2D eigenvalue weighted by atomic mass is 16.5. The normalized spacial score (nSPS) is 12.1. The Morgan fingerprint density at radius 2 is 2.14 bits per heavy atom. The zero-order valence-corrected chi connectivity index (χ0v) is 12.3. The van der Waals surface area contributed by atoms with Gasteiger partial charge < -0.3 is 15.2 Å². The number of benzene rings is 1. The number of aliphatic hydroxyl groups is 1. The first-order chi connectivity index (χ1) is 10.3. The zero-order chi connectivity index (χ0) is 14.9. The monoisotopic (exact) mass is 286 g/mol. The van der Waals surface area contributed by atoms with E-state index in [0.29, 0.717) is 13.0 Å². The summed E-state index contributed by atoms with van der Waals surface area (Å²) in [7, 11) is 1.66. The van der Waals surface area contributed by atoms with Gasteiger partial charge in [0.05, 0.1) is 13.2 Å². The van der Waals surface area contributed by atoms with E-state index in [9.17, 15) is 5.11 Å². The van der Waals surface area contributed by atoms with Gasteiger partial charge in [-0.15, -0.1) is 0 Å². The number of methoxy groups -OCH3 is 1. The summed E-state index contributed by atoms with van der Waals surface area (Å²) >= 11 is 0. The largest absolute Gasteiger partial charge is 0.497 e. The maximum absolute atomic E-state index is 9.97. The lowest BCUT2D eigenvalue weighted by Crippen LogP contribution is -2.26. The lowest BCUT2D eigenvalue weighted by Gasteiger charge is -2.12. The predicted molar refractivity (Wildman–Crippen MR) is 83.3 cm³/mol. The van der Waals surface area contributed by atoms with E-state index in [2.05, 4.69) is 10.3 Å². The molecule has 21 heavy (non-hydrogen) atoms. The molecule has 0 spiro atoms. The van der Waals surface area contributed by atoms with Crippen molar-refractivity contribution in [3.63, 3.8) is 0 Å². The average molecular weight is 286 g/mol. The Hall–Kier alpha value is -1.91. The molecule has 0 unspecified atom stereocenters. The summed E-state index contributed by atoms with van der Waals surface area (Å²) in [5, 5.41) is 13.2. The molecule has 0 aliphatic rings. The van der Waals surface area contributed by atoms with Gasteiger partial charge in [-0.05, 0) is 42.7 Å². The molecular weight excluding hydrogens is 264 g/mol. The number of hydrogen-bond donors (Lipinski definition) is 2. The molecule has 4 heteroatoms. The van der Waals surface area contributed by atoms with Gasteiger partial charge in [-0.1, -0.05) is 18.2 Å². The fourth-order valence-corrected chi connectivity index (χ4v) is 2.13. The van der Waals surface area contributed by atoms with Crippen LogP contribution in [0.15, 0.2) is 48.7 Å². The van der Waals surface area contributed by atoms with E-state index >= 15 is 0 Å². The molecule has 0 saturated carbocycles. The van der Waals surface area contributed by atoms with Crippen LogP contribution in [0, 0.1) is 0 Å². The number of ether oxygens (including phenoxy) is 1. The minimum absolute atomic E-state index is 0.363. The van der Waals surface area contributed by atoms with Crippen LogP contribution in [0.5, 0.6) is 5.75 Å². The molecule has 2 rings (SSSR count). The highest BCUT2D eigenvalue weighted by Crippen LogP contribution is 2.12. The number of aromatic nitrogens is 1. The quantitative estimate of drug-likeness (QED) is 0.781. The summed E-state index contributed by atoms with van der Waals surface area (Å²) in [4.78, 5) is 4.25. The van der Waals surface area contributed by atoms with Crippen molar-refractivity contribution in [1.82, 2.24) is 10.3 Å². The van der Waals surface area contributed by atoms with Crippen LogP contribution >= 0.6 is 0 Å². The average Bonchev–Trinajstić information content (AvgIpc) is 2.54. The van der Waals surface area contributed by atoms with Gasteiger partial charge in [0.1, 0.15) is 5.75 Å². The third kappa shape index (κ3) is 5.53. The van der Waals surface area contributed by atoms with Crippen molar-refractivity contribution in [2.75, 3.05) is 13.7 Å². The van der Waals surface area contributed by atoms with Crippen molar-refractivity contribution >= 4 is 0 Å². The number of pyridine rings is 1. The molecule has 0 aliphatic heterocycles. The third-order valence-corrected chi connectivity index (χ3v) is 3.30. The van der Waals surface area contributed by atoms with Crippen molar-refractivity contribution in [2.24, 2.45) is 0 Å². The Bertz CT molecular complexity index is 531. The molecule has 1 aromatic heterocycles. The Balaban J connectivity index is 1.68. The molecule has 0 bridgehead atoms. The summed E-state index contributed by atoms with van der Waals surface area (Å²) in [5.74, 6) is 0.852. The molecule has 2 aromatic rings. The maximum atomic E-state index is 9.97. The molecule has 0 fully saturated rings. The fraction of sp³-hybridized carbons (Fsp3) is 0.353. The molecule has 1 atom stereocenters. The smallest absolute Gasteiger partial charge is 0.119 e. The number of rotatable bonds is 8. The molecule has 0 amide bonds. The Morgan fingerprint density at radius 3 is 2.90 bits per heavy atom. The first-order valence-electron chi connectivity index (χ1n) is 7.19. The number of hydrogen-bond acceptors (Lipinski definition) is 4. The van der Waals surface area contributed by atoms with Crippen LogP contribution in [0.1, 0.15) is 17.7 Å². The van der Waals surface area contributed by atoms with Gasteiger partial charge in [0.2, 0.25) is 0 Å². The van der Waals surface area contributed by atoms with Gasteiger partial charge in [-0.3, -0.25) is 4.98 Å². The Kier molecular flexibility index (Phi) is 6.19. The van der Waals surface area contributed by atoms with Gasteiger partial charge in [0.25, 0.3) is 0 Å². The van der Waals surface area contributed by atoms with E-state index in [1.165, 1.54) is 0 Å². The van der Waals surface area contributed by atoms with E-state index < -0.39 is 0 Å². The molecule has 1 aromatic carbocycles. The van der Waals surface area contributed by atoms with E-state index in [-0.39, 0.29) is 6.10 Å². The molecule has 0 saturated heterocycles. The predicted octanol–water partition coefficient (Wildman–Crippen LogP) is 2.17. The van der Waals surface area contributed by atoms with Gasteiger partial charge in [0, 0.05) is 25.0 Å². The van der Waals surface area contributed by atoms with E-state index in [1.807, 2.05) is 42.5 Å². The first-order valence-corrected chi connectivity index (χ1v) is 7.19. The summed E-state index contributed by atoms with van der Waals surface area (Å²) < 4.78 is 5.19. The SMILES string of the molecule is COc1cccc(CNC[C@H](O)CCc2ccccn2)c1. The lowest BCUT2D eigenvalue weighted by atomic mass is 10.1. The van der Waals surface area contributed by atoms with E-state index in [1.54, 1.807) is 13.3 Å². The van der Waals surface area contributed by atoms with Crippen molar-refractivity contribution in [2.45, 2.75) is 25.5 Å². The van der Waals surface area contributed by atoms with Crippen LogP contribution in [0.4, 0.5) is 0 Å². The molecule has 1 heterocycles. The molecule has 112 valence electrons. The third-order valence-electron chi connectivity index (χ3n) is 3.30. The fourth-order valence-electron chi connectivity index (χ4n) is 2.13. The number of aryl methyl sites for hydroxylation is 1. The summed E-state index contributed by atoms with van der Waals surface area (Å²) in [6, 6.07) is 13.8. The first kappa shape index (κ1) is 15.5.